The molecule has 3 fully saturated rings. The topological polar surface area (TPSA) is 54.4 Å². The maximum atomic E-state index is 12.4. The molecule has 1 aromatic rings. The normalized spacial score (nSPS) is 20.6. The summed E-state index contributed by atoms with van der Waals surface area (Å²) in [5, 5.41) is 4.34. The lowest BCUT2D eigenvalue weighted by molar-refractivity contribution is -0.139. The van der Waals surface area contributed by atoms with E-state index in [-0.39, 0.29) is 24.0 Å². The zero-order chi connectivity index (χ0) is 21.6. The van der Waals surface area contributed by atoms with Crippen molar-refractivity contribution in [2.45, 2.75) is 19.3 Å². The van der Waals surface area contributed by atoms with Gasteiger partial charge in [-0.25, -0.2) is 0 Å². The molecule has 0 aromatic heterocycles. The van der Waals surface area contributed by atoms with Crippen LogP contribution in [-0.4, -0.2) is 99.1 Å². The van der Waals surface area contributed by atoms with Gasteiger partial charge >= 0.3 is 0 Å². The van der Waals surface area contributed by atoms with Gasteiger partial charge in [0, 0.05) is 78.4 Å². The van der Waals surface area contributed by atoms with Gasteiger partial charge in [0.1, 0.15) is 0 Å². The average Bonchev–Trinajstić information content (AvgIpc) is 2.76. The number of nitrogens with zero attached hydrogens (tertiary/aromatic N) is 5. The van der Waals surface area contributed by atoms with Crippen molar-refractivity contribution in [3.8, 4) is 0 Å². The summed E-state index contributed by atoms with van der Waals surface area (Å²) >= 11 is 6.36. The third-order valence-electron chi connectivity index (χ3n) is 6.83. The number of benzene rings is 1. The Balaban J connectivity index is 0.00000289. The molecule has 0 bridgehead atoms. The zero-order valence-corrected chi connectivity index (χ0v) is 22.1. The predicted molar refractivity (Wildman–Crippen MR) is 142 cm³/mol. The molecule has 4 rings (SSSR count). The zero-order valence-electron chi connectivity index (χ0n) is 19.0. The highest BCUT2D eigenvalue weighted by Crippen LogP contribution is 2.28. The minimum Gasteiger partial charge on any atom is -0.367 e. The van der Waals surface area contributed by atoms with E-state index < -0.39 is 0 Å². The van der Waals surface area contributed by atoms with Gasteiger partial charge < -0.3 is 20.0 Å². The highest BCUT2D eigenvalue weighted by Gasteiger charge is 2.31. The average molecular weight is 575 g/mol. The first-order chi connectivity index (χ1) is 15.2. The largest absolute Gasteiger partial charge is 0.367 e. The molecule has 0 radical (unpaired) electrons. The molecule has 3 aliphatic rings. The van der Waals surface area contributed by atoms with E-state index >= 15 is 0 Å². The predicted octanol–water partition coefficient (Wildman–Crippen LogP) is 2.60. The number of para-hydroxylation sites is 1. The van der Waals surface area contributed by atoms with E-state index in [2.05, 4.69) is 36.0 Å². The van der Waals surface area contributed by atoms with Gasteiger partial charge in [0.15, 0.2) is 5.96 Å². The lowest BCUT2D eigenvalue weighted by Crippen LogP contribution is -2.54. The molecular weight excluding hydrogens is 539 g/mol. The number of anilines is 1. The Morgan fingerprint density at radius 3 is 2.28 bits per heavy atom. The first kappa shape index (κ1) is 25.4. The molecule has 0 spiro atoms. The molecule has 0 atom stereocenters. The number of carbonyl (C=O) groups excluding carboxylic acids is 1. The smallest absolute Gasteiger partial charge is 0.225 e. The molecule has 1 N–H and O–H groups in total. The highest BCUT2D eigenvalue weighted by atomic mass is 127. The van der Waals surface area contributed by atoms with Gasteiger partial charge in [0.25, 0.3) is 0 Å². The maximum Gasteiger partial charge on any atom is 0.225 e. The monoisotopic (exact) mass is 574 g/mol. The summed E-state index contributed by atoms with van der Waals surface area (Å²) in [6.07, 6.45) is 3.40. The lowest BCUT2D eigenvalue weighted by atomic mass is 9.84. The molecule has 9 heteroatoms. The second-order valence-electron chi connectivity index (χ2n) is 8.69. The number of rotatable bonds is 5. The van der Waals surface area contributed by atoms with Crippen molar-refractivity contribution in [1.82, 2.24) is 20.0 Å². The molecule has 7 nitrogen and oxygen atoms in total. The number of nitrogens with one attached hydrogen (secondary N) is 1. The number of amides is 1. The molecule has 1 amide bonds. The second-order valence-corrected chi connectivity index (χ2v) is 9.10. The van der Waals surface area contributed by atoms with Crippen LogP contribution in [0.3, 0.4) is 0 Å². The fourth-order valence-corrected chi connectivity index (χ4v) is 4.89. The van der Waals surface area contributed by atoms with Gasteiger partial charge in [0.05, 0.1) is 10.7 Å². The molecule has 32 heavy (non-hydrogen) atoms. The molecular formula is C23H36ClIN6O. The van der Waals surface area contributed by atoms with E-state index in [1.54, 1.807) is 0 Å². The first-order valence-corrected chi connectivity index (χ1v) is 12.0. The lowest BCUT2D eigenvalue weighted by Gasteiger charge is -2.39. The fourth-order valence-electron chi connectivity index (χ4n) is 4.63. The van der Waals surface area contributed by atoms with Crippen LogP contribution in [0.4, 0.5) is 5.69 Å². The second kappa shape index (κ2) is 12.3. The minimum absolute atomic E-state index is 0. The van der Waals surface area contributed by atoms with Crippen molar-refractivity contribution >= 4 is 53.1 Å². The Bertz CT molecular complexity index is 774. The van der Waals surface area contributed by atoms with E-state index in [4.69, 9.17) is 11.6 Å². The van der Waals surface area contributed by atoms with Crippen LogP contribution in [0.1, 0.15) is 19.3 Å². The van der Waals surface area contributed by atoms with Gasteiger partial charge in [-0.15, -0.1) is 24.0 Å². The molecule has 178 valence electrons. The number of aliphatic imine (C=N–C) groups is 1. The van der Waals surface area contributed by atoms with Crippen molar-refractivity contribution in [3.63, 3.8) is 0 Å². The standard InChI is InChI=1S/C23H35ClN6O.HI/c1-25-23(30-17-15-28(16-18-30)21-8-3-2-7-20(21)24)26-9-10-27-11-13-29(14-12-27)22(31)19-5-4-6-19;/h2-3,7-8,19H,4-6,9-18H2,1H3,(H,25,26);1H. The molecule has 1 aromatic carbocycles. The Kier molecular flexibility index (Phi) is 9.73. The molecule has 2 aliphatic heterocycles. The van der Waals surface area contributed by atoms with Crippen molar-refractivity contribution in [3.05, 3.63) is 29.3 Å². The summed E-state index contributed by atoms with van der Waals surface area (Å²) in [5.41, 5.74) is 1.11. The first-order valence-electron chi connectivity index (χ1n) is 11.6. The van der Waals surface area contributed by atoms with E-state index in [1.807, 2.05) is 25.2 Å². The summed E-state index contributed by atoms with van der Waals surface area (Å²) in [7, 11) is 1.85. The number of piperazine rings is 2. The quantitative estimate of drug-likeness (QED) is 0.333. The summed E-state index contributed by atoms with van der Waals surface area (Å²) in [6.45, 7) is 9.23. The van der Waals surface area contributed by atoms with Crippen LogP contribution in [0.15, 0.2) is 29.3 Å². The third kappa shape index (κ3) is 6.20. The highest BCUT2D eigenvalue weighted by molar-refractivity contribution is 14.0. The molecule has 1 saturated carbocycles. The van der Waals surface area contributed by atoms with Crippen LogP contribution >= 0.6 is 35.6 Å². The SMILES string of the molecule is CN=C(NCCN1CCN(C(=O)C2CCC2)CC1)N1CCN(c2ccccc2Cl)CC1.I. The van der Waals surface area contributed by atoms with E-state index in [1.165, 1.54) is 6.42 Å². The summed E-state index contributed by atoms with van der Waals surface area (Å²) in [5.74, 6) is 1.67. The van der Waals surface area contributed by atoms with Crippen LogP contribution in [0.2, 0.25) is 5.02 Å². The fraction of sp³-hybridized carbons (Fsp3) is 0.652. The summed E-state index contributed by atoms with van der Waals surface area (Å²) in [6, 6.07) is 8.05. The minimum atomic E-state index is 0. The van der Waals surface area contributed by atoms with E-state index in [9.17, 15) is 4.79 Å². The van der Waals surface area contributed by atoms with Gasteiger partial charge in [-0.05, 0) is 25.0 Å². The van der Waals surface area contributed by atoms with Gasteiger partial charge in [-0.2, -0.15) is 0 Å². The van der Waals surface area contributed by atoms with E-state index in [0.29, 0.717) is 11.8 Å². The Labute approximate surface area is 214 Å². The van der Waals surface area contributed by atoms with E-state index in [0.717, 1.165) is 95.0 Å². The Morgan fingerprint density at radius 2 is 1.69 bits per heavy atom. The maximum absolute atomic E-state index is 12.4. The van der Waals surface area contributed by atoms with Crippen molar-refractivity contribution < 1.29 is 4.79 Å². The number of halogens is 2. The van der Waals surface area contributed by atoms with Crippen molar-refractivity contribution in [2.24, 2.45) is 10.9 Å². The van der Waals surface area contributed by atoms with Crippen LogP contribution in [0.5, 0.6) is 0 Å². The summed E-state index contributed by atoms with van der Waals surface area (Å²) < 4.78 is 0. The summed E-state index contributed by atoms with van der Waals surface area (Å²) in [4.78, 5) is 26.1. The molecule has 0 unspecified atom stereocenters. The number of hydrogen-bond donors (Lipinski definition) is 1. The van der Waals surface area contributed by atoms with Gasteiger partial charge in [-0.1, -0.05) is 30.2 Å². The molecule has 2 saturated heterocycles. The third-order valence-corrected chi connectivity index (χ3v) is 7.15. The Hall–Kier alpha value is -1.26. The van der Waals surface area contributed by atoms with Crippen LogP contribution < -0.4 is 10.2 Å². The molecule has 2 heterocycles. The number of carbonyl (C=O) groups is 1. The van der Waals surface area contributed by atoms with Gasteiger partial charge in [0.2, 0.25) is 5.91 Å². The number of hydrogen-bond acceptors (Lipinski definition) is 4. The van der Waals surface area contributed by atoms with Gasteiger partial charge in [-0.3, -0.25) is 14.7 Å². The van der Waals surface area contributed by atoms with Crippen LogP contribution in [-0.2, 0) is 4.79 Å². The van der Waals surface area contributed by atoms with Crippen LogP contribution in [0.25, 0.3) is 0 Å². The number of guanidine groups is 1. The van der Waals surface area contributed by atoms with Crippen molar-refractivity contribution in [2.75, 3.05) is 77.4 Å². The molecule has 1 aliphatic carbocycles. The van der Waals surface area contributed by atoms with Crippen molar-refractivity contribution in [1.29, 1.82) is 0 Å². The Morgan fingerprint density at radius 1 is 1.03 bits per heavy atom. The van der Waals surface area contributed by atoms with Crippen LogP contribution in [0, 0.1) is 5.92 Å².